The lowest BCUT2D eigenvalue weighted by Crippen LogP contribution is -2.45. The summed E-state index contributed by atoms with van der Waals surface area (Å²) in [4.78, 5) is 24.7. The van der Waals surface area contributed by atoms with Crippen LogP contribution in [0.2, 0.25) is 0 Å². The third kappa shape index (κ3) is 62.1. The second-order valence-corrected chi connectivity index (χ2v) is 24.6. The van der Waals surface area contributed by atoms with Crippen LogP contribution in [0.15, 0.2) is 0 Å². The standard InChI is InChI=1S/C70H139NO5/c1-3-5-7-9-11-13-15-17-19-21-23-24-25-26-27-30-34-38-42-46-50-54-58-62-68(73)67(66-72)71-69(74)63-59-55-51-47-43-39-35-31-28-29-33-37-41-45-49-53-57-61-65-76-70(75)64-60-56-52-48-44-40-36-32-22-20-18-16-14-12-10-8-6-4-2/h67-68,72-73H,3-66H2,1-2H3,(H,71,74). The van der Waals surface area contributed by atoms with Gasteiger partial charge in [0.2, 0.25) is 5.91 Å². The van der Waals surface area contributed by atoms with Crippen LogP contribution in [0.25, 0.3) is 0 Å². The van der Waals surface area contributed by atoms with Crippen molar-refractivity contribution in [1.29, 1.82) is 0 Å². The molecule has 6 nitrogen and oxygen atoms in total. The zero-order valence-corrected chi connectivity index (χ0v) is 52.0. The van der Waals surface area contributed by atoms with Crippen molar-refractivity contribution in [1.82, 2.24) is 5.32 Å². The van der Waals surface area contributed by atoms with Gasteiger partial charge in [0.1, 0.15) is 0 Å². The Kier molecular flexibility index (Phi) is 65.4. The highest BCUT2D eigenvalue weighted by Gasteiger charge is 2.20. The van der Waals surface area contributed by atoms with Crippen molar-refractivity contribution < 1.29 is 24.5 Å². The fourth-order valence-electron chi connectivity index (χ4n) is 11.5. The minimum Gasteiger partial charge on any atom is -0.466 e. The molecule has 0 rings (SSSR count). The lowest BCUT2D eigenvalue weighted by atomic mass is 10.0. The lowest BCUT2D eigenvalue weighted by Gasteiger charge is -2.22. The molecule has 0 aliphatic rings. The van der Waals surface area contributed by atoms with Gasteiger partial charge < -0.3 is 20.3 Å². The number of ether oxygens (including phenoxy) is 1. The number of hydrogen-bond acceptors (Lipinski definition) is 5. The second kappa shape index (κ2) is 66.4. The number of hydrogen-bond donors (Lipinski definition) is 3. The normalized spacial score (nSPS) is 12.4. The van der Waals surface area contributed by atoms with Gasteiger partial charge in [0, 0.05) is 12.8 Å². The summed E-state index contributed by atoms with van der Waals surface area (Å²) in [7, 11) is 0. The van der Waals surface area contributed by atoms with Crippen molar-refractivity contribution in [3.63, 3.8) is 0 Å². The summed E-state index contributed by atoms with van der Waals surface area (Å²) in [6.45, 7) is 5.00. The van der Waals surface area contributed by atoms with Gasteiger partial charge >= 0.3 is 5.97 Å². The minimum absolute atomic E-state index is 0.0136. The maximum absolute atomic E-state index is 12.6. The third-order valence-corrected chi connectivity index (χ3v) is 16.9. The number of unbranched alkanes of at least 4 members (excludes halogenated alkanes) is 56. The van der Waals surface area contributed by atoms with E-state index in [1.165, 1.54) is 340 Å². The van der Waals surface area contributed by atoms with Crippen molar-refractivity contribution >= 4 is 11.9 Å². The van der Waals surface area contributed by atoms with Crippen LogP contribution in [0, 0.1) is 0 Å². The molecule has 0 heterocycles. The number of rotatable bonds is 67. The monoisotopic (exact) mass is 1070 g/mol. The molecule has 3 N–H and O–H groups in total. The zero-order chi connectivity index (χ0) is 55.0. The molecule has 454 valence electrons. The first kappa shape index (κ1) is 74.9. The van der Waals surface area contributed by atoms with Gasteiger partial charge in [-0.05, 0) is 25.7 Å². The Labute approximate surface area is 476 Å². The molecule has 0 bridgehead atoms. The van der Waals surface area contributed by atoms with E-state index in [0.29, 0.717) is 25.9 Å². The van der Waals surface area contributed by atoms with Gasteiger partial charge in [0.05, 0.1) is 25.4 Å². The van der Waals surface area contributed by atoms with Crippen molar-refractivity contribution in [2.45, 2.75) is 424 Å². The van der Waals surface area contributed by atoms with Gasteiger partial charge in [-0.15, -0.1) is 0 Å². The van der Waals surface area contributed by atoms with Crippen molar-refractivity contribution in [3.05, 3.63) is 0 Å². The number of aliphatic hydroxyl groups is 2. The largest absolute Gasteiger partial charge is 0.466 e. The summed E-state index contributed by atoms with van der Waals surface area (Å²) < 4.78 is 5.51. The molecule has 0 aliphatic carbocycles. The molecule has 0 aliphatic heterocycles. The molecule has 0 saturated carbocycles. The third-order valence-electron chi connectivity index (χ3n) is 16.9. The summed E-state index contributed by atoms with van der Waals surface area (Å²) >= 11 is 0. The fourth-order valence-corrected chi connectivity index (χ4v) is 11.5. The van der Waals surface area contributed by atoms with Gasteiger partial charge in [-0.3, -0.25) is 9.59 Å². The molecule has 0 spiro atoms. The van der Waals surface area contributed by atoms with Crippen LogP contribution in [-0.4, -0.2) is 47.4 Å². The highest BCUT2D eigenvalue weighted by atomic mass is 16.5. The van der Waals surface area contributed by atoms with Crippen LogP contribution in [0.1, 0.15) is 412 Å². The molecule has 0 fully saturated rings. The van der Waals surface area contributed by atoms with Crippen molar-refractivity contribution in [2.24, 2.45) is 0 Å². The predicted octanol–water partition coefficient (Wildman–Crippen LogP) is 22.6. The van der Waals surface area contributed by atoms with Crippen LogP contribution >= 0.6 is 0 Å². The highest BCUT2D eigenvalue weighted by Crippen LogP contribution is 2.20. The van der Waals surface area contributed by atoms with Gasteiger partial charge in [0.15, 0.2) is 0 Å². The van der Waals surface area contributed by atoms with Gasteiger partial charge in [0.25, 0.3) is 0 Å². The number of amides is 1. The van der Waals surface area contributed by atoms with E-state index in [1.807, 2.05) is 0 Å². The van der Waals surface area contributed by atoms with Crippen LogP contribution in [0.5, 0.6) is 0 Å². The zero-order valence-electron chi connectivity index (χ0n) is 52.0. The number of carbonyl (C=O) groups excluding carboxylic acids is 2. The van der Waals surface area contributed by atoms with E-state index >= 15 is 0 Å². The van der Waals surface area contributed by atoms with E-state index in [0.717, 1.165) is 38.5 Å². The Morgan fingerprint density at radius 3 is 0.803 bits per heavy atom. The molecule has 0 saturated heterocycles. The SMILES string of the molecule is CCCCCCCCCCCCCCCCCCCCCCCCCC(O)C(CO)NC(=O)CCCCCCCCCCCCCCCCCCCCOC(=O)CCCCCCCCCCCCCCCCCCCC. The molecular weight excluding hydrogens is 935 g/mol. The number of carbonyl (C=O) groups is 2. The van der Waals surface area contributed by atoms with Crippen molar-refractivity contribution in [2.75, 3.05) is 13.2 Å². The number of esters is 1. The Bertz CT molecular complexity index is 1100. The van der Waals surface area contributed by atoms with E-state index in [2.05, 4.69) is 19.2 Å². The molecule has 0 radical (unpaired) electrons. The van der Waals surface area contributed by atoms with Crippen LogP contribution in [-0.2, 0) is 14.3 Å². The Hall–Kier alpha value is -1.14. The summed E-state index contributed by atoms with van der Waals surface area (Å²) in [5, 5.41) is 23.4. The quantitative estimate of drug-likeness (QED) is 0.0417. The summed E-state index contributed by atoms with van der Waals surface area (Å²) in [6.07, 6.45) is 80.0. The predicted molar refractivity (Wildman–Crippen MR) is 334 cm³/mol. The van der Waals surface area contributed by atoms with E-state index in [-0.39, 0.29) is 18.5 Å². The number of aliphatic hydroxyl groups excluding tert-OH is 2. The Morgan fingerprint density at radius 2 is 0.539 bits per heavy atom. The van der Waals surface area contributed by atoms with Gasteiger partial charge in [-0.2, -0.15) is 0 Å². The minimum atomic E-state index is -0.667. The first-order valence-corrected chi connectivity index (χ1v) is 35.3. The van der Waals surface area contributed by atoms with Gasteiger partial charge in [-0.1, -0.05) is 373 Å². The molecule has 0 aromatic rings. The smallest absolute Gasteiger partial charge is 0.305 e. The maximum atomic E-state index is 12.6. The molecule has 2 unspecified atom stereocenters. The molecule has 6 heteroatoms. The molecule has 2 atom stereocenters. The van der Waals surface area contributed by atoms with E-state index in [4.69, 9.17) is 4.74 Å². The maximum Gasteiger partial charge on any atom is 0.305 e. The van der Waals surface area contributed by atoms with Gasteiger partial charge in [-0.25, -0.2) is 0 Å². The topological polar surface area (TPSA) is 95.9 Å². The van der Waals surface area contributed by atoms with E-state index in [1.54, 1.807) is 0 Å². The van der Waals surface area contributed by atoms with Crippen LogP contribution < -0.4 is 5.32 Å². The average Bonchev–Trinajstić information content (AvgIpc) is 3.42. The molecule has 1 amide bonds. The second-order valence-electron chi connectivity index (χ2n) is 24.6. The lowest BCUT2D eigenvalue weighted by molar-refractivity contribution is -0.143. The summed E-state index contributed by atoms with van der Waals surface area (Å²) in [6, 6.07) is -0.545. The first-order valence-electron chi connectivity index (χ1n) is 35.3. The Balaban J connectivity index is 3.38. The molecular formula is C70H139NO5. The summed E-state index contributed by atoms with van der Waals surface area (Å²) in [5.41, 5.74) is 0. The van der Waals surface area contributed by atoms with Crippen LogP contribution in [0.4, 0.5) is 0 Å². The highest BCUT2D eigenvalue weighted by molar-refractivity contribution is 5.76. The average molecular weight is 1070 g/mol. The first-order chi connectivity index (χ1) is 37.5. The molecule has 0 aromatic heterocycles. The summed E-state index contributed by atoms with van der Waals surface area (Å²) in [5.74, 6) is -0.0195. The van der Waals surface area contributed by atoms with E-state index < -0.39 is 12.1 Å². The van der Waals surface area contributed by atoms with E-state index in [9.17, 15) is 19.8 Å². The Morgan fingerprint density at radius 1 is 0.316 bits per heavy atom. The number of nitrogens with one attached hydrogen (secondary N) is 1. The fraction of sp³-hybridized carbons (Fsp3) is 0.971. The molecule has 0 aromatic carbocycles. The van der Waals surface area contributed by atoms with Crippen molar-refractivity contribution in [3.8, 4) is 0 Å². The molecule has 76 heavy (non-hydrogen) atoms. The van der Waals surface area contributed by atoms with Crippen LogP contribution in [0.3, 0.4) is 0 Å².